The van der Waals surface area contributed by atoms with Crippen molar-refractivity contribution in [2.75, 3.05) is 21.3 Å². The minimum absolute atomic E-state index is 0.837. The molecule has 86 valence electrons. The average molecular weight is 220 g/mol. The van der Waals surface area contributed by atoms with Gasteiger partial charge in [0.1, 0.15) is 17.3 Å². The zero-order valence-electron chi connectivity index (χ0n) is 9.87. The number of fused-ring (bicyclic) bond motifs is 1. The maximum Gasteiger partial charge on any atom is 0.130 e. The molecule has 0 saturated heterocycles. The molecule has 3 heteroatoms. The summed E-state index contributed by atoms with van der Waals surface area (Å²) in [5.74, 6) is 2.61. The van der Waals surface area contributed by atoms with Gasteiger partial charge in [0.25, 0.3) is 0 Å². The van der Waals surface area contributed by atoms with Crippen molar-refractivity contribution in [3.8, 4) is 11.5 Å². The summed E-state index contributed by atoms with van der Waals surface area (Å²) in [6.07, 6.45) is 4.02. The highest BCUT2D eigenvalue weighted by Crippen LogP contribution is 2.39. The van der Waals surface area contributed by atoms with Crippen LogP contribution in [0.5, 0.6) is 11.5 Å². The van der Waals surface area contributed by atoms with Gasteiger partial charge in [0.05, 0.1) is 26.9 Å². The summed E-state index contributed by atoms with van der Waals surface area (Å²) in [4.78, 5) is 0. The second-order valence-corrected chi connectivity index (χ2v) is 3.63. The predicted octanol–water partition coefficient (Wildman–Crippen LogP) is 2.64. The fourth-order valence-corrected chi connectivity index (χ4v) is 2.12. The third-order valence-electron chi connectivity index (χ3n) is 2.86. The maximum atomic E-state index is 5.39. The van der Waals surface area contributed by atoms with Gasteiger partial charge in [0.15, 0.2) is 0 Å². The Balaban J connectivity index is 2.62. The van der Waals surface area contributed by atoms with Crippen molar-refractivity contribution in [2.24, 2.45) is 0 Å². The number of benzene rings is 1. The molecule has 0 N–H and O–H groups in total. The van der Waals surface area contributed by atoms with E-state index in [2.05, 4.69) is 6.08 Å². The largest absolute Gasteiger partial charge is 0.496 e. The second kappa shape index (κ2) is 4.47. The van der Waals surface area contributed by atoms with Crippen molar-refractivity contribution in [1.82, 2.24) is 0 Å². The molecule has 0 heterocycles. The van der Waals surface area contributed by atoms with Crippen LogP contribution >= 0.6 is 0 Å². The molecule has 0 bridgehead atoms. The SMILES string of the molecule is COC1=CCCc2c(OC)ccc(OC)c21. The Morgan fingerprint density at radius 1 is 0.938 bits per heavy atom. The molecule has 0 aliphatic heterocycles. The van der Waals surface area contributed by atoms with Crippen LogP contribution in [0.4, 0.5) is 0 Å². The minimum atomic E-state index is 0.837. The third-order valence-corrected chi connectivity index (χ3v) is 2.86. The summed E-state index contributed by atoms with van der Waals surface area (Å²) in [6.45, 7) is 0. The van der Waals surface area contributed by atoms with Crippen LogP contribution in [0.25, 0.3) is 5.76 Å². The van der Waals surface area contributed by atoms with Gasteiger partial charge in [-0.1, -0.05) is 0 Å². The lowest BCUT2D eigenvalue weighted by Gasteiger charge is -2.21. The van der Waals surface area contributed by atoms with Gasteiger partial charge >= 0.3 is 0 Å². The van der Waals surface area contributed by atoms with E-state index in [4.69, 9.17) is 14.2 Å². The molecule has 1 aliphatic carbocycles. The Kier molecular flexibility index (Phi) is 3.04. The molecule has 2 rings (SSSR count). The van der Waals surface area contributed by atoms with Crippen molar-refractivity contribution in [2.45, 2.75) is 12.8 Å². The van der Waals surface area contributed by atoms with Crippen molar-refractivity contribution >= 4 is 5.76 Å². The first kappa shape index (κ1) is 10.9. The summed E-state index contributed by atoms with van der Waals surface area (Å²) < 4.78 is 16.1. The minimum Gasteiger partial charge on any atom is -0.496 e. The smallest absolute Gasteiger partial charge is 0.130 e. The van der Waals surface area contributed by atoms with Crippen LogP contribution in [0, 0.1) is 0 Å². The van der Waals surface area contributed by atoms with Gasteiger partial charge in [-0.05, 0) is 31.1 Å². The van der Waals surface area contributed by atoms with E-state index in [0.29, 0.717) is 0 Å². The number of methoxy groups -OCH3 is 3. The number of hydrogen-bond acceptors (Lipinski definition) is 3. The van der Waals surface area contributed by atoms with E-state index in [1.165, 1.54) is 5.56 Å². The van der Waals surface area contributed by atoms with Crippen LogP contribution < -0.4 is 9.47 Å². The van der Waals surface area contributed by atoms with E-state index in [1.807, 2.05) is 12.1 Å². The van der Waals surface area contributed by atoms with Crippen LogP contribution in [0.2, 0.25) is 0 Å². The fourth-order valence-electron chi connectivity index (χ4n) is 2.12. The van der Waals surface area contributed by atoms with Crippen molar-refractivity contribution in [1.29, 1.82) is 0 Å². The summed E-state index contributed by atoms with van der Waals surface area (Å²) in [5, 5.41) is 0. The zero-order valence-corrected chi connectivity index (χ0v) is 9.87. The molecule has 0 radical (unpaired) electrons. The lowest BCUT2D eigenvalue weighted by Crippen LogP contribution is -2.06. The number of allylic oxidation sites excluding steroid dienone is 1. The normalized spacial score (nSPS) is 13.8. The molecule has 0 saturated carbocycles. The molecule has 1 aliphatic rings. The van der Waals surface area contributed by atoms with Crippen LogP contribution in [0.3, 0.4) is 0 Å². The summed E-state index contributed by atoms with van der Waals surface area (Å²) >= 11 is 0. The van der Waals surface area contributed by atoms with Crippen LogP contribution in [-0.2, 0) is 11.2 Å². The Labute approximate surface area is 95.6 Å². The molecule has 3 nitrogen and oxygen atoms in total. The molecule has 0 spiro atoms. The van der Waals surface area contributed by atoms with Gasteiger partial charge in [0, 0.05) is 5.56 Å². The van der Waals surface area contributed by atoms with Crippen LogP contribution in [0.1, 0.15) is 17.5 Å². The molecule has 0 aromatic heterocycles. The summed E-state index contributed by atoms with van der Waals surface area (Å²) in [5.41, 5.74) is 2.19. The average Bonchev–Trinajstić information content (AvgIpc) is 2.36. The summed E-state index contributed by atoms with van der Waals surface area (Å²) in [6, 6.07) is 3.85. The molecule has 0 fully saturated rings. The van der Waals surface area contributed by atoms with E-state index in [0.717, 1.165) is 35.7 Å². The summed E-state index contributed by atoms with van der Waals surface area (Å²) in [7, 11) is 5.04. The van der Waals surface area contributed by atoms with Crippen molar-refractivity contribution in [3.63, 3.8) is 0 Å². The Hall–Kier alpha value is -1.64. The van der Waals surface area contributed by atoms with E-state index < -0.39 is 0 Å². The lowest BCUT2D eigenvalue weighted by molar-refractivity contribution is 0.354. The highest BCUT2D eigenvalue weighted by atomic mass is 16.5. The predicted molar refractivity (Wildman–Crippen MR) is 62.9 cm³/mol. The first-order chi connectivity index (χ1) is 7.81. The molecular formula is C13H16O3. The molecule has 1 aromatic carbocycles. The Bertz CT molecular complexity index is 421. The Morgan fingerprint density at radius 2 is 1.62 bits per heavy atom. The van der Waals surface area contributed by atoms with Gasteiger partial charge in [-0.25, -0.2) is 0 Å². The second-order valence-electron chi connectivity index (χ2n) is 3.63. The van der Waals surface area contributed by atoms with Crippen LogP contribution in [0.15, 0.2) is 18.2 Å². The molecule has 0 amide bonds. The first-order valence-electron chi connectivity index (χ1n) is 5.30. The highest BCUT2D eigenvalue weighted by Gasteiger charge is 2.21. The lowest BCUT2D eigenvalue weighted by atomic mass is 9.94. The monoisotopic (exact) mass is 220 g/mol. The highest BCUT2D eigenvalue weighted by molar-refractivity contribution is 5.73. The van der Waals surface area contributed by atoms with Gasteiger partial charge < -0.3 is 14.2 Å². The van der Waals surface area contributed by atoms with Gasteiger partial charge in [-0.15, -0.1) is 0 Å². The Morgan fingerprint density at radius 3 is 2.25 bits per heavy atom. The number of rotatable bonds is 3. The zero-order chi connectivity index (χ0) is 11.5. The molecular weight excluding hydrogens is 204 g/mol. The quantitative estimate of drug-likeness (QED) is 0.783. The van der Waals surface area contributed by atoms with Gasteiger partial charge in [-0.2, -0.15) is 0 Å². The molecule has 0 unspecified atom stereocenters. The molecule has 1 aromatic rings. The van der Waals surface area contributed by atoms with Gasteiger partial charge in [-0.3, -0.25) is 0 Å². The van der Waals surface area contributed by atoms with E-state index >= 15 is 0 Å². The maximum absolute atomic E-state index is 5.39. The van der Waals surface area contributed by atoms with Crippen molar-refractivity contribution < 1.29 is 14.2 Å². The van der Waals surface area contributed by atoms with Crippen LogP contribution in [-0.4, -0.2) is 21.3 Å². The van der Waals surface area contributed by atoms with Gasteiger partial charge in [0.2, 0.25) is 0 Å². The fraction of sp³-hybridized carbons (Fsp3) is 0.385. The standard InChI is InChI=1S/C13H16O3/c1-14-10-7-8-12(16-3)13-9(10)5-4-6-11(13)15-2/h6-8H,4-5H2,1-3H3. The third kappa shape index (κ3) is 1.62. The van der Waals surface area contributed by atoms with E-state index in [1.54, 1.807) is 21.3 Å². The van der Waals surface area contributed by atoms with E-state index in [9.17, 15) is 0 Å². The number of hydrogen-bond donors (Lipinski definition) is 0. The molecule has 0 atom stereocenters. The number of ether oxygens (including phenoxy) is 3. The first-order valence-corrected chi connectivity index (χ1v) is 5.30. The molecule has 16 heavy (non-hydrogen) atoms. The van der Waals surface area contributed by atoms with Crippen molar-refractivity contribution in [3.05, 3.63) is 29.3 Å². The topological polar surface area (TPSA) is 27.7 Å². The van der Waals surface area contributed by atoms with E-state index in [-0.39, 0.29) is 0 Å².